The molecule has 0 aliphatic rings. The average molecular weight is 273 g/mol. The van der Waals surface area contributed by atoms with Crippen molar-refractivity contribution in [3.63, 3.8) is 0 Å². The normalized spacial score (nSPS) is 13.1. The molecule has 19 heavy (non-hydrogen) atoms. The number of hydrogen-bond donors (Lipinski definition) is 0. The first-order valence-corrected chi connectivity index (χ1v) is 7.94. The van der Waals surface area contributed by atoms with Crippen LogP contribution in [0.15, 0.2) is 60.7 Å². The van der Waals surface area contributed by atoms with Crippen LogP contribution in [0.2, 0.25) is 0 Å². The lowest BCUT2D eigenvalue weighted by atomic mass is 10.2. The summed E-state index contributed by atoms with van der Waals surface area (Å²) >= 11 is 0. The van der Waals surface area contributed by atoms with E-state index in [9.17, 15) is 8.42 Å². The van der Waals surface area contributed by atoms with E-state index in [1.807, 2.05) is 48.5 Å². The van der Waals surface area contributed by atoms with Crippen molar-refractivity contribution in [2.24, 2.45) is 0 Å². The maximum Gasteiger partial charge on any atom is 0.157 e. The first-order valence-electron chi connectivity index (χ1n) is 6.23. The monoisotopic (exact) mass is 273 g/mol. The van der Waals surface area contributed by atoms with Gasteiger partial charge in [0.25, 0.3) is 0 Å². The van der Waals surface area contributed by atoms with Gasteiger partial charge in [0.2, 0.25) is 0 Å². The minimum Gasteiger partial charge on any atom is -0.228 e. The molecule has 2 aromatic carbocycles. The van der Waals surface area contributed by atoms with Gasteiger partial charge in [-0.15, -0.1) is 0 Å². The SMILES string of the molecule is [CH2]C(c1ccccc1)S(=O)(=O)CCc1ccccc1. The van der Waals surface area contributed by atoms with E-state index < -0.39 is 15.1 Å². The number of sulfone groups is 1. The summed E-state index contributed by atoms with van der Waals surface area (Å²) in [6.45, 7) is 3.80. The molecular weight excluding hydrogens is 256 g/mol. The van der Waals surface area contributed by atoms with Gasteiger partial charge in [-0.2, -0.15) is 0 Å². The van der Waals surface area contributed by atoms with E-state index in [0.29, 0.717) is 6.42 Å². The van der Waals surface area contributed by atoms with Crippen LogP contribution in [0.3, 0.4) is 0 Å². The van der Waals surface area contributed by atoms with Gasteiger partial charge in [-0.25, -0.2) is 8.42 Å². The van der Waals surface area contributed by atoms with Crippen LogP contribution >= 0.6 is 0 Å². The quantitative estimate of drug-likeness (QED) is 0.838. The summed E-state index contributed by atoms with van der Waals surface area (Å²) in [7, 11) is -3.22. The Morgan fingerprint density at radius 3 is 2.00 bits per heavy atom. The highest BCUT2D eigenvalue weighted by Crippen LogP contribution is 2.22. The molecule has 0 spiro atoms. The number of benzene rings is 2. The van der Waals surface area contributed by atoms with Gasteiger partial charge in [0, 0.05) is 0 Å². The minimum absolute atomic E-state index is 0.125. The van der Waals surface area contributed by atoms with Crippen molar-refractivity contribution >= 4 is 9.84 Å². The molecule has 2 aromatic rings. The summed E-state index contributed by atoms with van der Waals surface area (Å²) < 4.78 is 24.5. The third kappa shape index (κ3) is 3.67. The summed E-state index contributed by atoms with van der Waals surface area (Å²) in [5, 5.41) is -0.697. The van der Waals surface area contributed by atoms with Crippen molar-refractivity contribution in [1.82, 2.24) is 0 Å². The van der Waals surface area contributed by atoms with Gasteiger partial charge in [-0.3, -0.25) is 0 Å². The van der Waals surface area contributed by atoms with E-state index in [0.717, 1.165) is 11.1 Å². The Balaban J connectivity index is 2.07. The molecule has 0 heterocycles. The molecule has 2 rings (SSSR count). The maximum absolute atomic E-state index is 12.2. The smallest absolute Gasteiger partial charge is 0.157 e. The van der Waals surface area contributed by atoms with Crippen LogP contribution < -0.4 is 0 Å². The van der Waals surface area contributed by atoms with Gasteiger partial charge in [0.1, 0.15) is 0 Å². The van der Waals surface area contributed by atoms with Gasteiger partial charge in [-0.05, 0) is 24.5 Å². The zero-order valence-electron chi connectivity index (χ0n) is 10.7. The molecule has 3 heteroatoms. The van der Waals surface area contributed by atoms with Gasteiger partial charge in [0.15, 0.2) is 9.84 Å². The van der Waals surface area contributed by atoms with Crippen LogP contribution in [0.5, 0.6) is 0 Å². The summed E-state index contributed by atoms with van der Waals surface area (Å²) in [6.07, 6.45) is 0.530. The molecule has 0 aliphatic heterocycles. The highest BCUT2D eigenvalue weighted by Gasteiger charge is 2.22. The molecule has 0 saturated carbocycles. The van der Waals surface area contributed by atoms with E-state index in [1.165, 1.54) is 0 Å². The molecule has 0 aromatic heterocycles. The van der Waals surface area contributed by atoms with E-state index in [4.69, 9.17) is 0 Å². The van der Waals surface area contributed by atoms with Crippen LogP contribution in [0.4, 0.5) is 0 Å². The molecule has 2 nitrogen and oxygen atoms in total. The molecule has 0 bridgehead atoms. The maximum atomic E-state index is 12.2. The fourth-order valence-electron chi connectivity index (χ4n) is 1.92. The Labute approximate surface area is 115 Å². The van der Waals surface area contributed by atoms with Gasteiger partial charge in [0.05, 0.1) is 11.0 Å². The highest BCUT2D eigenvalue weighted by molar-refractivity contribution is 7.91. The molecule has 0 N–H and O–H groups in total. The summed E-state index contributed by atoms with van der Waals surface area (Å²) in [6, 6.07) is 18.8. The zero-order valence-corrected chi connectivity index (χ0v) is 11.5. The topological polar surface area (TPSA) is 34.1 Å². The lowest BCUT2D eigenvalue weighted by Crippen LogP contribution is -2.16. The molecule has 0 saturated heterocycles. The molecule has 1 unspecified atom stereocenters. The summed E-state index contributed by atoms with van der Waals surface area (Å²) in [5.41, 5.74) is 1.78. The van der Waals surface area contributed by atoms with Crippen LogP contribution in [-0.2, 0) is 16.3 Å². The largest absolute Gasteiger partial charge is 0.228 e. The number of aryl methyl sites for hydroxylation is 1. The minimum atomic E-state index is -3.22. The van der Waals surface area contributed by atoms with Crippen LogP contribution in [0.25, 0.3) is 0 Å². The van der Waals surface area contributed by atoms with Crippen molar-refractivity contribution in [2.75, 3.05) is 5.75 Å². The zero-order chi connectivity index (χ0) is 13.7. The van der Waals surface area contributed by atoms with Crippen molar-refractivity contribution in [3.05, 3.63) is 78.7 Å². The van der Waals surface area contributed by atoms with Crippen molar-refractivity contribution in [2.45, 2.75) is 11.7 Å². The predicted molar refractivity (Wildman–Crippen MR) is 78.5 cm³/mol. The number of rotatable bonds is 5. The first kappa shape index (κ1) is 13.8. The van der Waals surface area contributed by atoms with E-state index >= 15 is 0 Å². The standard InChI is InChI=1S/C16H17O2S/c1-14(16-10-6-3-7-11-16)19(17,18)13-12-15-8-4-2-5-9-15/h2-11,14H,1,12-13H2. The fourth-order valence-corrected chi connectivity index (χ4v) is 3.30. The molecule has 1 radical (unpaired) electrons. The molecule has 0 fully saturated rings. The van der Waals surface area contributed by atoms with Gasteiger partial charge in [-0.1, -0.05) is 60.7 Å². The second-order valence-electron chi connectivity index (χ2n) is 4.50. The van der Waals surface area contributed by atoms with Crippen molar-refractivity contribution in [3.8, 4) is 0 Å². The Morgan fingerprint density at radius 1 is 0.895 bits per heavy atom. The molecule has 0 aliphatic carbocycles. The van der Waals surface area contributed by atoms with Crippen LogP contribution in [-0.4, -0.2) is 14.2 Å². The fraction of sp³-hybridized carbons (Fsp3) is 0.188. The lowest BCUT2D eigenvalue weighted by molar-refractivity contribution is 0.589. The first-order chi connectivity index (χ1) is 9.09. The Kier molecular flexibility index (Phi) is 4.38. The Bertz CT molecular complexity index is 604. The Hall–Kier alpha value is -1.61. The summed E-state index contributed by atoms with van der Waals surface area (Å²) in [5.74, 6) is 0.125. The van der Waals surface area contributed by atoms with Crippen molar-refractivity contribution < 1.29 is 8.42 Å². The molecule has 0 amide bonds. The van der Waals surface area contributed by atoms with Crippen LogP contribution in [0.1, 0.15) is 16.4 Å². The molecule has 99 valence electrons. The average Bonchev–Trinajstić information content (AvgIpc) is 2.46. The lowest BCUT2D eigenvalue weighted by Gasteiger charge is -2.13. The van der Waals surface area contributed by atoms with Crippen LogP contribution in [0, 0.1) is 6.92 Å². The van der Waals surface area contributed by atoms with Crippen molar-refractivity contribution in [1.29, 1.82) is 0 Å². The third-order valence-corrected chi connectivity index (χ3v) is 5.04. The molecule has 1 atom stereocenters. The van der Waals surface area contributed by atoms with Gasteiger partial charge >= 0.3 is 0 Å². The highest BCUT2D eigenvalue weighted by atomic mass is 32.2. The summed E-state index contributed by atoms with van der Waals surface area (Å²) in [4.78, 5) is 0. The number of hydrogen-bond acceptors (Lipinski definition) is 2. The molecular formula is C16H17O2S. The van der Waals surface area contributed by atoms with Gasteiger partial charge < -0.3 is 0 Å². The van der Waals surface area contributed by atoms with E-state index in [-0.39, 0.29) is 5.75 Å². The second kappa shape index (κ2) is 6.02. The second-order valence-corrected chi connectivity index (χ2v) is 6.80. The van der Waals surface area contributed by atoms with E-state index in [1.54, 1.807) is 12.1 Å². The Morgan fingerprint density at radius 2 is 1.42 bits per heavy atom. The van der Waals surface area contributed by atoms with E-state index in [2.05, 4.69) is 6.92 Å². The third-order valence-electron chi connectivity index (χ3n) is 3.12. The predicted octanol–water partition coefficient (Wildman–Crippen LogP) is 3.22.